The number of thioether (sulfide) groups is 1. The van der Waals surface area contributed by atoms with Gasteiger partial charge in [0, 0.05) is 24.3 Å². The van der Waals surface area contributed by atoms with Crippen molar-refractivity contribution < 1.29 is 9.53 Å². The van der Waals surface area contributed by atoms with Crippen LogP contribution in [0.15, 0.2) is 65.8 Å². The van der Waals surface area contributed by atoms with E-state index in [0.717, 1.165) is 22.0 Å². The third kappa shape index (κ3) is 4.71. The fourth-order valence-corrected chi connectivity index (χ4v) is 3.65. The Labute approximate surface area is 163 Å². The van der Waals surface area contributed by atoms with Gasteiger partial charge in [-0.3, -0.25) is 4.79 Å². The number of benzene rings is 2. The zero-order valence-electron chi connectivity index (χ0n) is 15.7. The van der Waals surface area contributed by atoms with Gasteiger partial charge in [0.1, 0.15) is 17.6 Å². The minimum Gasteiger partial charge on any atom is -0.497 e. The van der Waals surface area contributed by atoms with Crippen molar-refractivity contribution in [2.45, 2.75) is 17.9 Å². The summed E-state index contributed by atoms with van der Waals surface area (Å²) in [4.78, 5) is 18.2. The third-order valence-corrected chi connectivity index (χ3v) is 5.50. The minimum atomic E-state index is -0.319. The van der Waals surface area contributed by atoms with E-state index >= 15 is 0 Å². The van der Waals surface area contributed by atoms with Gasteiger partial charge in [-0.2, -0.15) is 0 Å². The van der Waals surface area contributed by atoms with Crippen LogP contribution in [0.4, 0.5) is 0 Å². The third-order valence-electron chi connectivity index (χ3n) is 4.32. The molecule has 1 N–H and O–H groups in total. The fourth-order valence-electron chi connectivity index (χ4n) is 2.81. The van der Waals surface area contributed by atoms with Crippen LogP contribution in [0.5, 0.6) is 5.75 Å². The van der Waals surface area contributed by atoms with Gasteiger partial charge >= 0.3 is 0 Å². The average molecular weight is 382 g/mol. The Morgan fingerprint density at radius 1 is 1.22 bits per heavy atom. The molecule has 1 atom stereocenters. The molecule has 0 saturated heterocycles. The standard InChI is InChI=1S/C21H23N3O2S/c1-15-6-4-5-7-18(15)27-14-19(25)23-20(21-22-12-13-24(21)2)16-8-10-17(26-3)11-9-16/h4-13,20H,14H2,1-3H3,(H,23,25). The van der Waals surface area contributed by atoms with Crippen LogP contribution in [0, 0.1) is 6.92 Å². The topological polar surface area (TPSA) is 56.1 Å². The maximum atomic E-state index is 12.6. The van der Waals surface area contributed by atoms with Gasteiger partial charge in [0.2, 0.25) is 5.91 Å². The number of nitrogens with one attached hydrogen (secondary N) is 1. The molecule has 140 valence electrons. The van der Waals surface area contributed by atoms with E-state index in [-0.39, 0.29) is 11.9 Å². The number of amides is 1. The van der Waals surface area contributed by atoms with E-state index in [9.17, 15) is 4.79 Å². The molecule has 5 nitrogen and oxygen atoms in total. The van der Waals surface area contributed by atoms with Gasteiger partial charge in [0.25, 0.3) is 0 Å². The van der Waals surface area contributed by atoms with Crippen molar-refractivity contribution >= 4 is 17.7 Å². The molecule has 0 radical (unpaired) electrons. The molecule has 1 amide bonds. The molecular formula is C21H23N3O2S. The fraction of sp³-hybridized carbons (Fsp3) is 0.238. The zero-order chi connectivity index (χ0) is 19.2. The zero-order valence-corrected chi connectivity index (χ0v) is 16.5. The van der Waals surface area contributed by atoms with E-state index in [2.05, 4.69) is 10.3 Å². The Kier molecular flexibility index (Phi) is 6.19. The Morgan fingerprint density at radius 2 is 1.96 bits per heavy atom. The Morgan fingerprint density at radius 3 is 2.59 bits per heavy atom. The van der Waals surface area contributed by atoms with Crippen molar-refractivity contribution in [3.05, 3.63) is 77.9 Å². The van der Waals surface area contributed by atoms with E-state index < -0.39 is 0 Å². The van der Waals surface area contributed by atoms with E-state index in [0.29, 0.717) is 5.75 Å². The predicted molar refractivity (Wildman–Crippen MR) is 108 cm³/mol. The van der Waals surface area contributed by atoms with Crippen LogP contribution in [-0.4, -0.2) is 28.3 Å². The van der Waals surface area contributed by atoms with Crippen molar-refractivity contribution in [2.24, 2.45) is 7.05 Å². The molecule has 0 fully saturated rings. The highest BCUT2D eigenvalue weighted by atomic mass is 32.2. The molecule has 27 heavy (non-hydrogen) atoms. The van der Waals surface area contributed by atoms with Crippen molar-refractivity contribution in [1.82, 2.24) is 14.9 Å². The SMILES string of the molecule is COc1ccc(C(NC(=O)CSc2ccccc2C)c2nccn2C)cc1. The number of hydrogen-bond acceptors (Lipinski definition) is 4. The number of carbonyl (C=O) groups excluding carboxylic acids is 1. The first kappa shape index (κ1) is 19.0. The molecule has 3 aromatic rings. The van der Waals surface area contributed by atoms with E-state index in [1.54, 1.807) is 25.1 Å². The van der Waals surface area contributed by atoms with Crippen LogP contribution in [0.25, 0.3) is 0 Å². The lowest BCUT2D eigenvalue weighted by Gasteiger charge is -2.19. The smallest absolute Gasteiger partial charge is 0.231 e. The molecule has 2 aromatic carbocycles. The normalized spacial score (nSPS) is 11.8. The number of nitrogens with zero attached hydrogens (tertiary/aromatic N) is 2. The van der Waals surface area contributed by atoms with Gasteiger partial charge in [-0.05, 0) is 36.2 Å². The second kappa shape index (κ2) is 8.77. The molecular weight excluding hydrogens is 358 g/mol. The van der Waals surface area contributed by atoms with Gasteiger partial charge in [0.15, 0.2) is 0 Å². The van der Waals surface area contributed by atoms with Crippen LogP contribution in [0.1, 0.15) is 23.0 Å². The molecule has 1 unspecified atom stereocenters. The van der Waals surface area contributed by atoms with Crippen LogP contribution in [0.2, 0.25) is 0 Å². The van der Waals surface area contributed by atoms with Crippen LogP contribution >= 0.6 is 11.8 Å². The summed E-state index contributed by atoms with van der Waals surface area (Å²) in [5.41, 5.74) is 2.13. The molecule has 0 spiro atoms. The second-order valence-corrected chi connectivity index (χ2v) is 7.24. The number of hydrogen-bond donors (Lipinski definition) is 1. The van der Waals surface area contributed by atoms with E-state index in [1.807, 2.05) is 73.3 Å². The quantitative estimate of drug-likeness (QED) is 0.634. The molecule has 6 heteroatoms. The summed E-state index contributed by atoms with van der Waals surface area (Å²) in [6, 6.07) is 15.4. The van der Waals surface area contributed by atoms with Crippen molar-refractivity contribution in [3.63, 3.8) is 0 Å². The van der Waals surface area contributed by atoms with Crippen molar-refractivity contribution in [2.75, 3.05) is 12.9 Å². The average Bonchev–Trinajstić information content (AvgIpc) is 3.11. The molecule has 1 heterocycles. The summed E-state index contributed by atoms with van der Waals surface area (Å²) in [5.74, 6) is 1.88. The first-order chi connectivity index (χ1) is 13.1. The predicted octanol–water partition coefficient (Wildman–Crippen LogP) is 3.74. The maximum absolute atomic E-state index is 12.6. The maximum Gasteiger partial charge on any atom is 0.231 e. The molecule has 1 aromatic heterocycles. The monoisotopic (exact) mass is 381 g/mol. The lowest BCUT2D eigenvalue weighted by molar-refractivity contribution is -0.119. The van der Waals surface area contributed by atoms with Gasteiger partial charge in [-0.25, -0.2) is 4.98 Å². The lowest BCUT2D eigenvalue weighted by atomic mass is 10.1. The molecule has 3 rings (SSSR count). The van der Waals surface area contributed by atoms with Crippen molar-refractivity contribution in [1.29, 1.82) is 0 Å². The minimum absolute atomic E-state index is 0.0351. The van der Waals surface area contributed by atoms with Gasteiger partial charge in [-0.1, -0.05) is 30.3 Å². The number of aromatic nitrogens is 2. The molecule has 0 aliphatic rings. The summed E-state index contributed by atoms with van der Waals surface area (Å²) < 4.78 is 7.15. The molecule has 0 aliphatic carbocycles. The van der Waals surface area contributed by atoms with Crippen LogP contribution in [0.3, 0.4) is 0 Å². The van der Waals surface area contributed by atoms with E-state index in [4.69, 9.17) is 4.74 Å². The molecule has 0 aliphatic heterocycles. The molecule has 0 saturated carbocycles. The van der Waals surface area contributed by atoms with Gasteiger partial charge in [-0.15, -0.1) is 11.8 Å². The molecule has 0 bridgehead atoms. The number of ether oxygens (including phenoxy) is 1. The first-order valence-electron chi connectivity index (χ1n) is 8.67. The summed E-state index contributed by atoms with van der Waals surface area (Å²) in [5, 5.41) is 3.12. The summed E-state index contributed by atoms with van der Waals surface area (Å²) >= 11 is 1.54. The number of rotatable bonds is 7. The summed E-state index contributed by atoms with van der Waals surface area (Å²) in [7, 11) is 3.56. The summed E-state index contributed by atoms with van der Waals surface area (Å²) in [6.45, 7) is 2.05. The highest BCUT2D eigenvalue weighted by molar-refractivity contribution is 8.00. The largest absolute Gasteiger partial charge is 0.497 e. The number of imidazole rings is 1. The number of aryl methyl sites for hydroxylation is 2. The highest BCUT2D eigenvalue weighted by Gasteiger charge is 2.21. The van der Waals surface area contributed by atoms with Gasteiger partial charge in [0.05, 0.1) is 12.9 Å². The second-order valence-electron chi connectivity index (χ2n) is 6.22. The van der Waals surface area contributed by atoms with Gasteiger partial charge < -0.3 is 14.6 Å². The highest BCUT2D eigenvalue weighted by Crippen LogP contribution is 2.25. The van der Waals surface area contributed by atoms with E-state index in [1.165, 1.54) is 5.56 Å². The number of carbonyl (C=O) groups is 1. The Balaban J connectivity index is 1.76. The van der Waals surface area contributed by atoms with Crippen LogP contribution < -0.4 is 10.1 Å². The Bertz CT molecular complexity index is 906. The van der Waals surface area contributed by atoms with Crippen LogP contribution in [-0.2, 0) is 11.8 Å². The first-order valence-corrected chi connectivity index (χ1v) is 9.66. The van der Waals surface area contributed by atoms with Crippen molar-refractivity contribution in [3.8, 4) is 5.75 Å². The Hall–Kier alpha value is -2.73. The number of methoxy groups -OCH3 is 1. The summed E-state index contributed by atoms with van der Waals surface area (Å²) in [6.07, 6.45) is 3.61. The lowest BCUT2D eigenvalue weighted by Crippen LogP contribution is -2.32.